The van der Waals surface area contributed by atoms with Crippen LogP contribution < -0.4 is 5.32 Å². The molecule has 0 saturated carbocycles. The Morgan fingerprint density at radius 1 is 1.31 bits per heavy atom. The SMILES string of the molecule is Cc1nn(Cc2ccccc2)c(C)c1C1COCCN1C(=O)COC1(C)CNC1. The quantitative estimate of drug-likeness (QED) is 0.804. The van der Waals surface area contributed by atoms with Crippen LogP contribution in [-0.4, -0.2) is 65.6 Å². The highest BCUT2D eigenvalue weighted by Gasteiger charge is 2.36. The smallest absolute Gasteiger partial charge is 0.249 e. The molecule has 4 rings (SSSR count). The Balaban J connectivity index is 1.52. The van der Waals surface area contributed by atoms with Gasteiger partial charge in [-0.2, -0.15) is 5.10 Å². The van der Waals surface area contributed by atoms with Gasteiger partial charge in [0, 0.05) is 30.9 Å². The van der Waals surface area contributed by atoms with E-state index >= 15 is 0 Å². The van der Waals surface area contributed by atoms with Crippen LogP contribution in [-0.2, 0) is 20.8 Å². The number of hydrogen-bond donors (Lipinski definition) is 1. The van der Waals surface area contributed by atoms with Gasteiger partial charge in [0.25, 0.3) is 0 Å². The topological polar surface area (TPSA) is 68.6 Å². The number of nitrogens with one attached hydrogen (secondary N) is 1. The molecular formula is C22H30N4O3. The second-order valence-corrected chi connectivity index (χ2v) is 8.25. The molecule has 2 saturated heterocycles. The summed E-state index contributed by atoms with van der Waals surface area (Å²) in [5.41, 5.74) is 4.08. The Morgan fingerprint density at radius 2 is 2.07 bits per heavy atom. The van der Waals surface area contributed by atoms with E-state index in [0.29, 0.717) is 26.3 Å². The molecule has 3 heterocycles. The maximum absolute atomic E-state index is 13.0. The fourth-order valence-corrected chi connectivity index (χ4v) is 4.14. The number of morpholine rings is 1. The maximum Gasteiger partial charge on any atom is 0.249 e. The predicted octanol–water partition coefficient (Wildman–Crippen LogP) is 1.83. The molecule has 2 aliphatic heterocycles. The van der Waals surface area contributed by atoms with E-state index in [1.165, 1.54) is 5.56 Å². The first kappa shape index (κ1) is 20.1. The second-order valence-electron chi connectivity index (χ2n) is 8.25. The van der Waals surface area contributed by atoms with Gasteiger partial charge in [-0.3, -0.25) is 9.48 Å². The lowest BCUT2D eigenvalue weighted by Crippen LogP contribution is -2.60. The van der Waals surface area contributed by atoms with Gasteiger partial charge in [0.15, 0.2) is 0 Å². The number of hydrogen-bond acceptors (Lipinski definition) is 5. The van der Waals surface area contributed by atoms with E-state index in [-0.39, 0.29) is 24.2 Å². The molecule has 0 bridgehead atoms. The van der Waals surface area contributed by atoms with Gasteiger partial charge in [-0.25, -0.2) is 0 Å². The lowest BCUT2D eigenvalue weighted by molar-refractivity contribution is -0.154. The summed E-state index contributed by atoms with van der Waals surface area (Å²) in [4.78, 5) is 14.9. The fourth-order valence-electron chi connectivity index (χ4n) is 4.14. The molecule has 0 spiro atoms. The lowest BCUT2D eigenvalue weighted by atomic mass is 10.00. The van der Waals surface area contributed by atoms with E-state index in [4.69, 9.17) is 14.6 Å². The summed E-state index contributed by atoms with van der Waals surface area (Å²) in [6.45, 7) is 10.1. The van der Waals surface area contributed by atoms with Crippen LogP contribution in [0, 0.1) is 13.8 Å². The predicted molar refractivity (Wildman–Crippen MR) is 110 cm³/mol. The normalized spacial score (nSPS) is 21.1. The largest absolute Gasteiger partial charge is 0.377 e. The highest BCUT2D eigenvalue weighted by atomic mass is 16.5. The first-order valence-electron chi connectivity index (χ1n) is 10.3. The zero-order chi connectivity index (χ0) is 20.4. The van der Waals surface area contributed by atoms with Crippen molar-refractivity contribution < 1.29 is 14.3 Å². The highest BCUT2D eigenvalue weighted by molar-refractivity contribution is 5.78. The van der Waals surface area contributed by atoms with E-state index in [0.717, 1.165) is 30.0 Å². The van der Waals surface area contributed by atoms with E-state index in [1.54, 1.807) is 0 Å². The summed E-state index contributed by atoms with van der Waals surface area (Å²) in [5.74, 6) is 0.0148. The third kappa shape index (κ3) is 4.22. The summed E-state index contributed by atoms with van der Waals surface area (Å²) in [6.07, 6.45) is 0. The Hall–Kier alpha value is -2.22. The molecule has 2 aromatic rings. The number of carbonyl (C=O) groups excluding carboxylic acids is 1. The summed E-state index contributed by atoms with van der Waals surface area (Å²) in [7, 11) is 0. The van der Waals surface area contributed by atoms with Gasteiger partial charge in [0.05, 0.1) is 37.1 Å². The highest BCUT2D eigenvalue weighted by Crippen LogP contribution is 2.30. The average Bonchev–Trinajstić information content (AvgIpc) is 2.98. The zero-order valence-electron chi connectivity index (χ0n) is 17.5. The van der Waals surface area contributed by atoms with Crippen LogP contribution in [0.25, 0.3) is 0 Å². The van der Waals surface area contributed by atoms with Crippen LogP contribution in [0.3, 0.4) is 0 Å². The van der Waals surface area contributed by atoms with Crippen molar-refractivity contribution in [2.24, 2.45) is 0 Å². The van der Waals surface area contributed by atoms with E-state index in [9.17, 15) is 4.79 Å². The number of amides is 1. The van der Waals surface area contributed by atoms with Gasteiger partial charge >= 0.3 is 0 Å². The van der Waals surface area contributed by atoms with Crippen LogP contribution in [0.5, 0.6) is 0 Å². The molecule has 7 nitrogen and oxygen atoms in total. The minimum atomic E-state index is -0.232. The van der Waals surface area contributed by atoms with Gasteiger partial charge in [-0.15, -0.1) is 0 Å². The lowest BCUT2D eigenvalue weighted by Gasteiger charge is -2.40. The fraction of sp³-hybridized carbons (Fsp3) is 0.545. The molecule has 0 aliphatic carbocycles. The number of aryl methyl sites for hydroxylation is 1. The Morgan fingerprint density at radius 3 is 2.76 bits per heavy atom. The van der Waals surface area contributed by atoms with Crippen LogP contribution in [0.4, 0.5) is 0 Å². The number of aromatic nitrogens is 2. The van der Waals surface area contributed by atoms with Crippen molar-refractivity contribution in [2.45, 2.75) is 39.0 Å². The molecule has 29 heavy (non-hydrogen) atoms. The number of carbonyl (C=O) groups is 1. The molecule has 1 N–H and O–H groups in total. The van der Waals surface area contributed by atoms with Gasteiger partial charge in [-0.1, -0.05) is 30.3 Å². The van der Waals surface area contributed by atoms with Crippen LogP contribution in [0.1, 0.15) is 35.5 Å². The molecule has 1 aromatic heterocycles. The van der Waals surface area contributed by atoms with Gasteiger partial charge in [0.2, 0.25) is 5.91 Å². The summed E-state index contributed by atoms with van der Waals surface area (Å²) >= 11 is 0. The molecule has 156 valence electrons. The van der Waals surface area contributed by atoms with E-state index in [1.807, 2.05) is 41.6 Å². The van der Waals surface area contributed by atoms with Crippen LogP contribution >= 0.6 is 0 Å². The molecule has 1 aromatic carbocycles. The number of ether oxygens (including phenoxy) is 2. The molecule has 7 heteroatoms. The Labute approximate surface area is 172 Å². The van der Waals surface area contributed by atoms with Crippen molar-refractivity contribution in [3.05, 3.63) is 52.8 Å². The van der Waals surface area contributed by atoms with Crippen molar-refractivity contribution in [3.63, 3.8) is 0 Å². The zero-order valence-corrected chi connectivity index (χ0v) is 17.5. The van der Waals surface area contributed by atoms with E-state index in [2.05, 4.69) is 24.4 Å². The monoisotopic (exact) mass is 398 g/mol. The summed E-state index contributed by atoms with van der Waals surface area (Å²) in [5, 5.41) is 7.96. The van der Waals surface area contributed by atoms with Crippen molar-refractivity contribution in [3.8, 4) is 0 Å². The second kappa shape index (κ2) is 8.26. The maximum atomic E-state index is 13.0. The first-order chi connectivity index (χ1) is 14.0. The minimum Gasteiger partial charge on any atom is -0.377 e. The number of benzene rings is 1. The van der Waals surface area contributed by atoms with Crippen molar-refractivity contribution in [1.82, 2.24) is 20.0 Å². The minimum absolute atomic E-state index is 0.0148. The molecule has 1 atom stereocenters. The van der Waals surface area contributed by atoms with Crippen molar-refractivity contribution in [2.75, 3.05) is 39.5 Å². The third-order valence-electron chi connectivity index (χ3n) is 5.94. The summed E-state index contributed by atoms with van der Waals surface area (Å²) in [6, 6.07) is 10.2. The molecular weight excluding hydrogens is 368 g/mol. The molecule has 1 amide bonds. The third-order valence-corrected chi connectivity index (χ3v) is 5.94. The van der Waals surface area contributed by atoms with Gasteiger partial charge < -0.3 is 19.7 Å². The Bertz CT molecular complexity index is 860. The molecule has 0 radical (unpaired) electrons. The standard InChI is InChI=1S/C22H30N4O3/c1-16-21(17(2)26(24-16)11-18-7-5-4-6-8-18)19-12-28-10-9-25(19)20(27)13-29-22(3)14-23-15-22/h4-8,19,23H,9-15H2,1-3H3. The number of rotatable bonds is 6. The Kier molecular flexibility index (Phi) is 5.72. The van der Waals surface area contributed by atoms with Gasteiger partial charge in [-0.05, 0) is 26.3 Å². The summed E-state index contributed by atoms with van der Waals surface area (Å²) < 4.78 is 13.7. The average molecular weight is 399 g/mol. The molecule has 2 aliphatic rings. The van der Waals surface area contributed by atoms with Crippen LogP contribution in [0.15, 0.2) is 30.3 Å². The van der Waals surface area contributed by atoms with Crippen molar-refractivity contribution >= 4 is 5.91 Å². The van der Waals surface area contributed by atoms with Crippen LogP contribution in [0.2, 0.25) is 0 Å². The first-order valence-corrected chi connectivity index (χ1v) is 10.3. The molecule has 1 unspecified atom stereocenters. The van der Waals surface area contributed by atoms with Gasteiger partial charge in [0.1, 0.15) is 6.61 Å². The molecule has 2 fully saturated rings. The van der Waals surface area contributed by atoms with E-state index < -0.39 is 0 Å². The number of nitrogens with zero attached hydrogens (tertiary/aromatic N) is 3. The van der Waals surface area contributed by atoms with Crippen molar-refractivity contribution in [1.29, 1.82) is 0 Å².